The van der Waals surface area contributed by atoms with Crippen molar-refractivity contribution in [2.24, 2.45) is 0 Å². The van der Waals surface area contributed by atoms with Gasteiger partial charge >= 0.3 is 0 Å². The lowest BCUT2D eigenvalue weighted by atomic mass is 9.92. The van der Waals surface area contributed by atoms with Gasteiger partial charge in [0.2, 0.25) is 0 Å². The van der Waals surface area contributed by atoms with Gasteiger partial charge in [0.1, 0.15) is 0 Å². The van der Waals surface area contributed by atoms with E-state index in [1.54, 1.807) is 7.11 Å². The maximum absolute atomic E-state index is 5.13. The average Bonchev–Trinajstić information content (AvgIpc) is 2.50. The summed E-state index contributed by atoms with van der Waals surface area (Å²) >= 11 is 0. The second-order valence-electron chi connectivity index (χ2n) is 5.41. The van der Waals surface area contributed by atoms with Crippen LogP contribution in [0.4, 0.5) is 5.69 Å². The molecule has 0 bridgehead atoms. The third-order valence-electron chi connectivity index (χ3n) is 4.00. The van der Waals surface area contributed by atoms with E-state index in [1.807, 2.05) is 0 Å². The number of hydrogen-bond donors (Lipinski definition) is 1. The van der Waals surface area contributed by atoms with Crippen LogP contribution in [0.3, 0.4) is 0 Å². The number of pyridine rings is 1. The Bertz CT molecular complexity index is 595. The van der Waals surface area contributed by atoms with Gasteiger partial charge in [-0.2, -0.15) is 0 Å². The van der Waals surface area contributed by atoms with Crippen LogP contribution in [-0.2, 0) is 17.6 Å². The van der Waals surface area contributed by atoms with E-state index in [0.29, 0.717) is 0 Å². The van der Waals surface area contributed by atoms with Gasteiger partial charge in [0, 0.05) is 37.0 Å². The van der Waals surface area contributed by atoms with Gasteiger partial charge in [0.05, 0.1) is 5.52 Å². The highest BCUT2D eigenvalue weighted by Gasteiger charge is 2.17. The summed E-state index contributed by atoms with van der Waals surface area (Å²) < 4.78 is 5.13. The zero-order valence-electron chi connectivity index (χ0n) is 12.1. The Kier molecular flexibility index (Phi) is 4.16. The molecule has 1 heterocycles. The number of fused-ring (bicyclic) bond motifs is 2. The van der Waals surface area contributed by atoms with E-state index in [-0.39, 0.29) is 0 Å². The zero-order chi connectivity index (χ0) is 13.8. The number of nitrogens with zero attached hydrogens (tertiary/aromatic N) is 1. The van der Waals surface area contributed by atoms with E-state index < -0.39 is 0 Å². The van der Waals surface area contributed by atoms with Crippen LogP contribution in [0.5, 0.6) is 0 Å². The number of para-hydroxylation sites is 1. The summed E-state index contributed by atoms with van der Waals surface area (Å²) in [4.78, 5) is 4.86. The van der Waals surface area contributed by atoms with Crippen LogP contribution in [0.15, 0.2) is 24.3 Å². The first-order valence-corrected chi connectivity index (χ1v) is 7.53. The van der Waals surface area contributed by atoms with Crippen LogP contribution in [0.2, 0.25) is 0 Å². The van der Waals surface area contributed by atoms with Gasteiger partial charge in [-0.15, -0.1) is 0 Å². The first-order chi connectivity index (χ1) is 9.90. The second-order valence-corrected chi connectivity index (χ2v) is 5.41. The molecule has 1 aliphatic rings. The summed E-state index contributed by atoms with van der Waals surface area (Å²) in [7, 11) is 1.75. The molecule has 3 rings (SSSR count). The largest absolute Gasteiger partial charge is 0.385 e. The molecule has 3 heteroatoms. The highest BCUT2D eigenvalue weighted by molar-refractivity contribution is 5.93. The maximum Gasteiger partial charge on any atom is 0.0726 e. The van der Waals surface area contributed by atoms with Crippen LogP contribution in [0.25, 0.3) is 10.9 Å². The molecule has 106 valence electrons. The molecule has 0 saturated carbocycles. The monoisotopic (exact) mass is 270 g/mol. The number of nitrogens with one attached hydrogen (secondary N) is 1. The third kappa shape index (κ3) is 2.63. The predicted octanol–water partition coefficient (Wildman–Crippen LogP) is 3.56. The summed E-state index contributed by atoms with van der Waals surface area (Å²) in [5.74, 6) is 0. The minimum Gasteiger partial charge on any atom is -0.385 e. The molecule has 0 amide bonds. The quantitative estimate of drug-likeness (QED) is 0.843. The van der Waals surface area contributed by atoms with Crippen molar-refractivity contribution in [3.05, 3.63) is 35.5 Å². The Morgan fingerprint density at radius 3 is 2.95 bits per heavy atom. The minimum atomic E-state index is 0.804. The first kappa shape index (κ1) is 13.4. The van der Waals surface area contributed by atoms with Crippen LogP contribution in [-0.4, -0.2) is 25.2 Å². The molecule has 0 unspecified atom stereocenters. The van der Waals surface area contributed by atoms with Crippen LogP contribution in [0.1, 0.15) is 30.5 Å². The average molecular weight is 270 g/mol. The van der Waals surface area contributed by atoms with Crippen molar-refractivity contribution in [1.82, 2.24) is 4.98 Å². The van der Waals surface area contributed by atoms with E-state index in [1.165, 1.54) is 35.2 Å². The van der Waals surface area contributed by atoms with Crippen molar-refractivity contribution in [1.29, 1.82) is 0 Å². The summed E-state index contributed by atoms with van der Waals surface area (Å²) in [5, 5.41) is 4.89. The number of ether oxygens (including phenoxy) is 1. The minimum absolute atomic E-state index is 0.804. The fourth-order valence-electron chi connectivity index (χ4n) is 3.00. The summed E-state index contributed by atoms with van der Waals surface area (Å²) in [6.45, 7) is 1.76. The molecule has 0 aliphatic heterocycles. The molecular formula is C17H22N2O. The second kappa shape index (κ2) is 6.23. The summed E-state index contributed by atoms with van der Waals surface area (Å²) in [5.41, 5.74) is 5.15. The molecule has 0 radical (unpaired) electrons. The number of methoxy groups -OCH3 is 1. The van der Waals surface area contributed by atoms with Crippen molar-refractivity contribution >= 4 is 16.6 Å². The van der Waals surface area contributed by atoms with Gasteiger partial charge in [0.15, 0.2) is 0 Å². The number of hydrogen-bond acceptors (Lipinski definition) is 3. The fourth-order valence-corrected chi connectivity index (χ4v) is 3.00. The predicted molar refractivity (Wildman–Crippen MR) is 83.4 cm³/mol. The SMILES string of the molecule is COCCCNc1c2c(nc3ccccc13)CCCC2. The molecule has 2 aromatic rings. The van der Waals surface area contributed by atoms with Crippen LogP contribution < -0.4 is 5.32 Å². The van der Waals surface area contributed by atoms with E-state index in [0.717, 1.165) is 37.9 Å². The van der Waals surface area contributed by atoms with Crippen molar-refractivity contribution < 1.29 is 4.74 Å². The van der Waals surface area contributed by atoms with Crippen molar-refractivity contribution in [2.75, 3.05) is 25.6 Å². The molecular weight excluding hydrogens is 248 g/mol. The molecule has 0 fully saturated rings. The van der Waals surface area contributed by atoms with Gasteiger partial charge in [-0.05, 0) is 43.7 Å². The Labute approximate surface area is 120 Å². The summed E-state index contributed by atoms with van der Waals surface area (Å²) in [6.07, 6.45) is 5.84. The van der Waals surface area contributed by atoms with Gasteiger partial charge in [-0.25, -0.2) is 0 Å². The molecule has 1 aromatic heterocycles. The normalized spacial score (nSPS) is 14.2. The molecule has 1 aromatic carbocycles. The molecule has 1 N–H and O–H groups in total. The van der Waals surface area contributed by atoms with Gasteiger partial charge in [-0.1, -0.05) is 18.2 Å². The smallest absolute Gasteiger partial charge is 0.0726 e. The lowest BCUT2D eigenvalue weighted by molar-refractivity contribution is 0.198. The highest BCUT2D eigenvalue weighted by Crippen LogP contribution is 2.33. The molecule has 3 nitrogen and oxygen atoms in total. The van der Waals surface area contributed by atoms with E-state index in [2.05, 4.69) is 29.6 Å². The van der Waals surface area contributed by atoms with Gasteiger partial charge < -0.3 is 10.1 Å². The topological polar surface area (TPSA) is 34.1 Å². The number of aryl methyl sites for hydroxylation is 1. The Morgan fingerprint density at radius 1 is 1.20 bits per heavy atom. The van der Waals surface area contributed by atoms with Crippen molar-refractivity contribution in [3.8, 4) is 0 Å². The summed E-state index contributed by atoms with van der Waals surface area (Å²) in [6, 6.07) is 8.46. The zero-order valence-corrected chi connectivity index (χ0v) is 12.1. The highest BCUT2D eigenvalue weighted by atomic mass is 16.5. The third-order valence-corrected chi connectivity index (χ3v) is 4.00. The standard InChI is InChI=1S/C17H22N2O/c1-20-12-6-11-18-17-13-7-2-4-9-15(13)19-16-10-5-3-8-14(16)17/h2,4,7,9H,3,5-6,8,10-12H2,1H3,(H,18,19). The Balaban J connectivity index is 1.97. The van der Waals surface area contributed by atoms with Gasteiger partial charge in [-0.3, -0.25) is 4.98 Å². The Morgan fingerprint density at radius 2 is 2.05 bits per heavy atom. The lowest BCUT2D eigenvalue weighted by Gasteiger charge is -2.21. The fraction of sp³-hybridized carbons (Fsp3) is 0.471. The van der Waals surface area contributed by atoms with Gasteiger partial charge in [0.25, 0.3) is 0 Å². The van der Waals surface area contributed by atoms with Crippen molar-refractivity contribution in [3.63, 3.8) is 0 Å². The van der Waals surface area contributed by atoms with Crippen molar-refractivity contribution in [2.45, 2.75) is 32.1 Å². The lowest BCUT2D eigenvalue weighted by Crippen LogP contribution is -2.13. The van der Waals surface area contributed by atoms with E-state index >= 15 is 0 Å². The Hall–Kier alpha value is -1.61. The first-order valence-electron chi connectivity index (χ1n) is 7.53. The number of rotatable bonds is 5. The maximum atomic E-state index is 5.13. The van der Waals surface area contributed by atoms with E-state index in [9.17, 15) is 0 Å². The number of aromatic nitrogens is 1. The van der Waals surface area contributed by atoms with E-state index in [4.69, 9.17) is 9.72 Å². The molecule has 0 saturated heterocycles. The van der Waals surface area contributed by atoms with Crippen LogP contribution >= 0.6 is 0 Å². The number of benzene rings is 1. The van der Waals surface area contributed by atoms with Crippen LogP contribution in [0, 0.1) is 0 Å². The number of anilines is 1. The molecule has 1 aliphatic carbocycles. The molecule has 20 heavy (non-hydrogen) atoms. The molecule has 0 atom stereocenters. The molecule has 0 spiro atoms.